The molecule has 32 heavy (non-hydrogen) atoms. The van der Waals surface area contributed by atoms with E-state index in [1.54, 1.807) is 11.0 Å². The van der Waals surface area contributed by atoms with Crippen LogP contribution in [0.25, 0.3) is 10.9 Å². The molecule has 1 aromatic heterocycles. The van der Waals surface area contributed by atoms with Gasteiger partial charge in [0.15, 0.2) is 0 Å². The van der Waals surface area contributed by atoms with Crippen molar-refractivity contribution in [1.29, 1.82) is 0 Å². The predicted octanol–water partition coefficient (Wildman–Crippen LogP) is 6.36. The minimum atomic E-state index is -0.520. The van der Waals surface area contributed by atoms with E-state index in [4.69, 9.17) is 32.7 Å². The van der Waals surface area contributed by atoms with E-state index >= 15 is 0 Å². The second kappa shape index (κ2) is 9.24. The summed E-state index contributed by atoms with van der Waals surface area (Å²) >= 11 is 13.0. The molecule has 4 rings (SSSR count). The number of benzene rings is 2. The molecule has 0 fully saturated rings. The third-order valence-electron chi connectivity index (χ3n) is 5.53. The van der Waals surface area contributed by atoms with Gasteiger partial charge in [0.1, 0.15) is 18.0 Å². The van der Waals surface area contributed by atoms with Crippen LogP contribution in [0.4, 0.5) is 4.79 Å². The number of hydrogen-bond donors (Lipinski definition) is 0. The molecule has 0 atom stereocenters. The summed E-state index contributed by atoms with van der Waals surface area (Å²) < 4.78 is 13.8. The van der Waals surface area contributed by atoms with Gasteiger partial charge >= 0.3 is 6.09 Å². The Bertz CT molecular complexity index is 1120. The van der Waals surface area contributed by atoms with Crippen molar-refractivity contribution in [2.45, 2.75) is 45.8 Å². The molecular formula is C25H28Cl2N2O3. The molecule has 0 unspecified atom stereocenters. The molecule has 1 amide bonds. The average molecular weight is 475 g/mol. The van der Waals surface area contributed by atoms with Crippen LogP contribution in [0.3, 0.4) is 0 Å². The van der Waals surface area contributed by atoms with Gasteiger partial charge in [0.05, 0.1) is 17.1 Å². The molecule has 0 saturated heterocycles. The Morgan fingerprint density at radius 2 is 1.78 bits per heavy atom. The van der Waals surface area contributed by atoms with Crippen LogP contribution in [0.15, 0.2) is 42.5 Å². The summed E-state index contributed by atoms with van der Waals surface area (Å²) in [5, 5.41) is 2.28. The fourth-order valence-electron chi connectivity index (χ4n) is 4.22. The van der Waals surface area contributed by atoms with E-state index in [1.165, 1.54) is 11.3 Å². The zero-order valence-electron chi connectivity index (χ0n) is 18.7. The van der Waals surface area contributed by atoms with Crippen LogP contribution in [0, 0.1) is 0 Å². The molecule has 2 aromatic carbocycles. The number of carbonyl (C=O) groups is 1. The highest BCUT2D eigenvalue weighted by molar-refractivity contribution is 6.38. The van der Waals surface area contributed by atoms with E-state index in [9.17, 15) is 4.79 Å². The maximum atomic E-state index is 12.7. The van der Waals surface area contributed by atoms with Gasteiger partial charge in [-0.25, -0.2) is 4.79 Å². The molecule has 170 valence electrons. The fraction of sp³-hybridized carbons (Fsp3) is 0.400. The monoisotopic (exact) mass is 474 g/mol. The Balaban J connectivity index is 1.62. The number of amides is 1. The summed E-state index contributed by atoms with van der Waals surface area (Å²) in [5.41, 5.74) is 2.82. The number of halogens is 2. The van der Waals surface area contributed by atoms with Crippen molar-refractivity contribution < 1.29 is 14.3 Å². The number of aromatic nitrogens is 1. The average Bonchev–Trinajstić information content (AvgIpc) is 2.86. The summed E-state index contributed by atoms with van der Waals surface area (Å²) in [4.78, 5) is 14.4. The molecule has 0 bridgehead atoms. The fourth-order valence-corrected chi connectivity index (χ4v) is 4.81. The summed E-state index contributed by atoms with van der Waals surface area (Å²) in [7, 11) is 0. The van der Waals surface area contributed by atoms with Crippen molar-refractivity contribution >= 4 is 40.2 Å². The molecule has 3 aromatic rings. The first-order valence-electron chi connectivity index (χ1n) is 10.9. The molecule has 0 spiro atoms. The SMILES string of the molecule is CC(C)(C)OC(=O)N1CCc2c(n(CCOc3ccccc3)c3c(Cl)cc(Cl)cc23)CC1. The Morgan fingerprint density at radius 3 is 2.50 bits per heavy atom. The standard InChI is InChI=1S/C25H28Cl2N2O3/c1-25(2,3)32-24(30)28-11-9-19-20-15-17(26)16-21(27)23(20)29(22(19)10-12-28)13-14-31-18-7-5-4-6-8-18/h4-8,15-16H,9-14H2,1-3H3. The summed E-state index contributed by atoms with van der Waals surface area (Å²) in [6.07, 6.45) is 1.15. The lowest BCUT2D eigenvalue weighted by Gasteiger charge is -2.26. The van der Waals surface area contributed by atoms with Gasteiger partial charge in [-0.15, -0.1) is 0 Å². The largest absolute Gasteiger partial charge is 0.492 e. The van der Waals surface area contributed by atoms with Crippen LogP contribution < -0.4 is 4.74 Å². The van der Waals surface area contributed by atoms with Gasteiger partial charge in [-0.3, -0.25) is 0 Å². The zero-order chi connectivity index (χ0) is 22.9. The third-order valence-corrected chi connectivity index (χ3v) is 6.03. The van der Waals surface area contributed by atoms with Crippen LogP contribution in [0.1, 0.15) is 32.0 Å². The number of rotatable bonds is 4. The lowest BCUT2D eigenvalue weighted by atomic mass is 10.1. The molecule has 7 heteroatoms. The molecule has 5 nitrogen and oxygen atoms in total. The van der Waals surface area contributed by atoms with Crippen LogP contribution in [-0.4, -0.2) is 40.9 Å². The van der Waals surface area contributed by atoms with Crippen molar-refractivity contribution in [2.24, 2.45) is 0 Å². The molecule has 2 heterocycles. The third kappa shape index (κ3) is 5.00. The van der Waals surface area contributed by atoms with Gasteiger partial charge in [0, 0.05) is 35.6 Å². The van der Waals surface area contributed by atoms with E-state index in [0.717, 1.165) is 16.7 Å². The first kappa shape index (κ1) is 22.8. The summed E-state index contributed by atoms with van der Waals surface area (Å²) in [6.45, 7) is 7.99. The Labute approximate surface area is 198 Å². The molecule has 0 aliphatic carbocycles. The van der Waals surface area contributed by atoms with Crippen molar-refractivity contribution in [3.8, 4) is 5.75 Å². The quantitative estimate of drug-likeness (QED) is 0.441. The van der Waals surface area contributed by atoms with Crippen molar-refractivity contribution in [2.75, 3.05) is 19.7 Å². The minimum absolute atomic E-state index is 0.276. The van der Waals surface area contributed by atoms with E-state index in [2.05, 4.69) is 4.57 Å². The lowest BCUT2D eigenvalue weighted by Crippen LogP contribution is -2.38. The minimum Gasteiger partial charge on any atom is -0.492 e. The van der Waals surface area contributed by atoms with Crippen LogP contribution in [-0.2, 0) is 24.1 Å². The predicted molar refractivity (Wildman–Crippen MR) is 129 cm³/mol. The van der Waals surface area contributed by atoms with Gasteiger partial charge < -0.3 is 18.9 Å². The Kier molecular flexibility index (Phi) is 6.59. The van der Waals surface area contributed by atoms with Gasteiger partial charge in [-0.2, -0.15) is 0 Å². The second-order valence-electron chi connectivity index (χ2n) is 8.99. The summed E-state index contributed by atoms with van der Waals surface area (Å²) in [6, 6.07) is 13.5. The topological polar surface area (TPSA) is 43.7 Å². The van der Waals surface area contributed by atoms with E-state index in [-0.39, 0.29) is 6.09 Å². The van der Waals surface area contributed by atoms with Gasteiger partial charge in [0.25, 0.3) is 0 Å². The van der Waals surface area contributed by atoms with Gasteiger partial charge in [-0.05, 0) is 57.0 Å². The number of fused-ring (bicyclic) bond motifs is 3. The van der Waals surface area contributed by atoms with E-state index in [1.807, 2.05) is 57.2 Å². The first-order chi connectivity index (χ1) is 15.2. The number of nitrogens with zero attached hydrogens (tertiary/aromatic N) is 2. The Morgan fingerprint density at radius 1 is 1.06 bits per heavy atom. The smallest absolute Gasteiger partial charge is 0.410 e. The first-order valence-corrected chi connectivity index (χ1v) is 11.6. The number of carbonyl (C=O) groups excluding carboxylic acids is 1. The molecule has 0 saturated carbocycles. The Hall–Kier alpha value is -2.37. The normalized spacial score (nSPS) is 14.2. The lowest BCUT2D eigenvalue weighted by molar-refractivity contribution is 0.0258. The zero-order valence-corrected chi connectivity index (χ0v) is 20.2. The highest BCUT2D eigenvalue weighted by Gasteiger charge is 2.28. The van der Waals surface area contributed by atoms with Crippen molar-refractivity contribution in [3.63, 3.8) is 0 Å². The van der Waals surface area contributed by atoms with Crippen molar-refractivity contribution in [1.82, 2.24) is 9.47 Å². The number of para-hydroxylation sites is 1. The molecule has 0 radical (unpaired) electrons. The highest BCUT2D eigenvalue weighted by Crippen LogP contribution is 2.36. The van der Waals surface area contributed by atoms with Gasteiger partial charge in [0.2, 0.25) is 0 Å². The highest BCUT2D eigenvalue weighted by atomic mass is 35.5. The maximum absolute atomic E-state index is 12.7. The van der Waals surface area contributed by atoms with Gasteiger partial charge in [-0.1, -0.05) is 41.4 Å². The molecule has 0 N–H and O–H groups in total. The number of ether oxygens (including phenoxy) is 2. The number of hydrogen-bond acceptors (Lipinski definition) is 3. The van der Waals surface area contributed by atoms with Crippen LogP contribution in [0.2, 0.25) is 10.0 Å². The van der Waals surface area contributed by atoms with E-state index < -0.39 is 5.60 Å². The summed E-state index contributed by atoms with van der Waals surface area (Å²) in [5.74, 6) is 0.834. The molecule has 1 aliphatic heterocycles. The van der Waals surface area contributed by atoms with Crippen molar-refractivity contribution in [3.05, 3.63) is 63.8 Å². The second-order valence-corrected chi connectivity index (χ2v) is 9.83. The van der Waals surface area contributed by atoms with Crippen LogP contribution in [0.5, 0.6) is 5.75 Å². The molecular weight excluding hydrogens is 447 g/mol. The van der Waals surface area contributed by atoms with Crippen LogP contribution >= 0.6 is 23.2 Å². The van der Waals surface area contributed by atoms with E-state index in [0.29, 0.717) is 49.1 Å². The maximum Gasteiger partial charge on any atom is 0.410 e. The molecule has 1 aliphatic rings.